The number of Topliss-reactive ketones (excluding diaryl/α,β-unsaturated/α-hetero) is 1. The molecule has 15 heavy (non-hydrogen) atoms. The van der Waals surface area contributed by atoms with Gasteiger partial charge in [-0.2, -0.15) is 0 Å². The van der Waals surface area contributed by atoms with Gasteiger partial charge in [0.1, 0.15) is 5.82 Å². The van der Waals surface area contributed by atoms with Crippen LogP contribution in [0.4, 0.5) is 4.39 Å². The second-order valence-corrected chi connectivity index (χ2v) is 3.17. The number of carbonyl (C=O) groups is 2. The summed E-state index contributed by atoms with van der Waals surface area (Å²) in [5.74, 6) is -2.20. The fraction of sp³-hybridized carbons (Fsp3) is 0.273. The zero-order valence-electron chi connectivity index (χ0n) is 8.29. The Bertz CT molecular complexity index is 399. The summed E-state index contributed by atoms with van der Waals surface area (Å²) in [6.45, 7) is 1.80. The molecular formula is C11H11FO3. The highest BCUT2D eigenvalue weighted by Gasteiger charge is 2.13. The highest BCUT2D eigenvalue weighted by molar-refractivity contribution is 5.99. The number of hydrogen-bond donors (Lipinski definition) is 1. The molecule has 0 amide bonds. The molecule has 0 atom stereocenters. The van der Waals surface area contributed by atoms with Crippen LogP contribution in [0.25, 0.3) is 0 Å². The van der Waals surface area contributed by atoms with Gasteiger partial charge in [-0.05, 0) is 24.6 Å². The number of benzene rings is 1. The van der Waals surface area contributed by atoms with Crippen molar-refractivity contribution >= 4 is 11.8 Å². The Morgan fingerprint density at radius 1 is 1.40 bits per heavy atom. The van der Waals surface area contributed by atoms with E-state index in [9.17, 15) is 14.0 Å². The summed E-state index contributed by atoms with van der Waals surface area (Å²) >= 11 is 0. The molecule has 0 bridgehead atoms. The molecule has 80 valence electrons. The van der Waals surface area contributed by atoms with Crippen LogP contribution in [0.5, 0.6) is 0 Å². The first-order valence-electron chi connectivity index (χ1n) is 4.62. The van der Waals surface area contributed by atoms with Crippen molar-refractivity contribution in [3.8, 4) is 0 Å². The number of hydrogen-bond acceptors (Lipinski definition) is 2. The van der Waals surface area contributed by atoms with E-state index in [0.29, 0.717) is 6.42 Å². The van der Waals surface area contributed by atoms with E-state index in [1.54, 1.807) is 6.92 Å². The van der Waals surface area contributed by atoms with Crippen LogP contribution in [0.2, 0.25) is 0 Å². The van der Waals surface area contributed by atoms with E-state index in [2.05, 4.69) is 0 Å². The fourth-order valence-corrected chi connectivity index (χ4v) is 1.23. The molecule has 0 aliphatic carbocycles. The van der Waals surface area contributed by atoms with Gasteiger partial charge < -0.3 is 5.11 Å². The molecule has 0 radical (unpaired) electrons. The number of rotatable bonds is 4. The van der Waals surface area contributed by atoms with Gasteiger partial charge in [-0.3, -0.25) is 4.79 Å². The van der Waals surface area contributed by atoms with Crippen LogP contribution in [-0.4, -0.2) is 16.9 Å². The molecule has 0 fully saturated rings. The van der Waals surface area contributed by atoms with Gasteiger partial charge in [0.2, 0.25) is 0 Å². The van der Waals surface area contributed by atoms with Crippen LogP contribution < -0.4 is 0 Å². The van der Waals surface area contributed by atoms with Crippen LogP contribution >= 0.6 is 0 Å². The van der Waals surface area contributed by atoms with Crippen molar-refractivity contribution in [2.45, 2.75) is 19.8 Å². The van der Waals surface area contributed by atoms with E-state index in [4.69, 9.17) is 5.11 Å². The highest BCUT2D eigenvalue weighted by atomic mass is 19.1. The number of carbonyl (C=O) groups excluding carboxylic acids is 1. The van der Waals surface area contributed by atoms with Gasteiger partial charge in [0.15, 0.2) is 5.78 Å². The largest absolute Gasteiger partial charge is 0.478 e. The minimum Gasteiger partial charge on any atom is -0.478 e. The first-order valence-corrected chi connectivity index (χ1v) is 4.62. The van der Waals surface area contributed by atoms with E-state index in [1.807, 2.05) is 0 Å². The predicted octanol–water partition coefficient (Wildman–Crippen LogP) is 2.51. The Morgan fingerprint density at radius 2 is 2.07 bits per heavy atom. The van der Waals surface area contributed by atoms with Gasteiger partial charge in [-0.15, -0.1) is 0 Å². The maximum absolute atomic E-state index is 13.2. The molecular weight excluding hydrogens is 199 g/mol. The van der Waals surface area contributed by atoms with Crippen LogP contribution in [0.1, 0.15) is 40.5 Å². The topological polar surface area (TPSA) is 54.4 Å². The lowest BCUT2D eigenvalue weighted by molar-refractivity contribution is 0.0697. The molecule has 3 nitrogen and oxygen atoms in total. The first kappa shape index (κ1) is 11.4. The molecule has 0 spiro atoms. The number of halogens is 1. The molecule has 1 aromatic rings. The molecule has 0 aliphatic rings. The van der Waals surface area contributed by atoms with Crippen LogP contribution in [0.15, 0.2) is 18.2 Å². The molecule has 0 saturated carbocycles. The average molecular weight is 210 g/mol. The zero-order valence-corrected chi connectivity index (χ0v) is 8.29. The predicted molar refractivity (Wildman–Crippen MR) is 52.6 cm³/mol. The van der Waals surface area contributed by atoms with Crippen molar-refractivity contribution in [3.05, 3.63) is 35.1 Å². The Kier molecular flexibility index (Phi) is 3.55. The molecule has 1 N–H and O–H groups in total. The Labute approximate surface area is 86.5 Å². The summed E-state index contributed by atoms with van der Waals surface area (Å²) in [6.07, 6.45) is 0.829. The summed E-state index contributed by atoms with van der Waals surface area (Å²) in [4.78, 5) is 22.0. The molecule has 0 unspecified atom stereocenters. The van der Waals surface area contributed by atoms with Gasteiger partial charge in [0.25, 0.3) is 0 Å². The quantitative estimate of drug-likeness (QED) is 0.777. The maximum Gasteiger partial charge on any atom is 0.335 e. The third-order valence-corrected chi connectivity index (χ3v) is 1.99. The normalized spacial score (nSPS) is 10.0. The number of carboxylic acids is 1. The summed E-state index contributed by atoms with van der Waals surface area (Å²) in [5, 5.41) is 8.68. The van der Waals surface area contributed by atoms with Gasteiger partial charge in [0, 0.05) is 6.42 Å². The summed E-state index contributed by atoms with van der Waals surface area (Å²) in [5.41, 5.74) is -0.215. The van der Waals surface area contributed by atoms with Crippen molar-refractivity contribution in [1.82, 2.24) is 0 Å². The van der Waals surface area contributed by atoms with E-state index in [-0.39, 0.29) is 23.3 Å². The minimum absolute atomic E-state index is 0.0733. The third kappa shape index (κ3) is 2.62. The van der Waals surface area contributed by atoms with Gasteiger partial charge in [-0.25, -0.2) is 9.18 Å². The second kappa shape index (κ2) is 4.68. The van der Waals surface area contributed by atoms with Crippen LogP contribution in [-0.2, 0) is 0 Å². The molecule has 4 heteroatoms. The van der Waals surface area contributed by atoms with Gasteiger partial charge in [0.05, 0.1) is 11.1 Å². The summed E-state index contributed by atoms with van der Waals surface area (Å²) in [7, 11) is 0. The maximum atomic E-state index is 13.2. The molecule has 1 rings (SSSR count). The van der Waals surface area contributed by atoms with Crippen molar-refractivity contribution in [2.75, 3.05) is 0 Å². The summed E-state index contributed by atoms with van der Waals surface area (Å²) < 4.78 is 13.2. The van der Waals surface area contributed by atoms with Crippen molar-refractivity contribution in [1.29, 1.82) is 0 Å². The molecule has 0 saturated heterocycles. The molecule has 0 aliphatic heterocycles. The number of aromatic carboxylic acids is 1. The Morgan fingerprint density at radius 3 is 2.60 bits per heavy atom. The van der Waals surface area contributed by atoms with E-state index < -0.39 is 11.8 Å². The van der Waals surface area contributed by atoms with Crippen molar-refractivity contribution in [3.63, 3.8) is 0 Å². The van der Waals surface area contributed by atoms with Gasteiger partial charge >= 0.3 is 5.97 Å². The Balaban J connectivity index is 3.10. The minimum atomic E-state index is -1.17. The molecule has 0 heterocycles. The summed E-state index contributed by atoms with van der Waals surface area (Å²) in [6, 6.07) is 3.22. The lowest BCUT2D eigenvalue weighted by atomic mass is 10.0. The molecule has 1 aromatic carbocycles. The van der Waals surface area contributed by atoms with Crippen LogP contribution in [0.3, 0.4) is 0 Å². The fourth-order valence-electron chi connectivity index (χ4n) is 1.23. The smallest absolute Gasteiger partial charge is 0.335 e. The monoisotopic (exact) mass is 210 g/mol. The zero-order chi connectivity index (χ0) is 11.4. The van der Waals surface area contributed by atoms with E-state index >= 15 is 0 Å². The average Bonchev–Trinajstić information content (AvgIpc) is 2.18. The van der Waals surface area contributed by atoms with Crippen LogP contribution in [0, 0.1) is 5.82 Å². The lowest BCUT2D eigenvalue weighted by Crippen LogP contribution is -2.05. The van der Waals surface area contributed by atoms with E-state index in [1.165, 1.54) is 0 Å². The van der Waals surface area contributed by atoms with Gasteiger partial charge in [-0.1, -0.05) is 6.92 Å². The highest BCUT2D eigenvalue weighted by Crippen LogP contribution is 2.13. The Hall–Kier alpha value is -1.71. The number of carboxylic acid groups (broad SMARTS) is 1. The lowest BCUT2D eigenvalue weighted by Gasteiger charge is -2.02. The van der Waals surface area contributed by atoms with Crippen molar-refractivity contribution in [2.24, 2.45) is 0 Å². The van der Waals surface area contributed by atoms with Crippen molar-refractivity contribution < 1.29 is 19.1 Å². The number of ketones is 1. The molecule has 0 aromatic heterocycles. The SMILES string of the molecule is CCCC(=O)c1cc(C(=O)O)ccc1F. The third-order valence-electron chi connectivity index (χ3n) is 1.99. The van der Waals surface area contributed by atoms with E-state index in [0.717, 1.165) is 18.2 Å². The second-order valence-electron chi connectivity index (χ2n) is 3.17. The standard InChI is InChI=1S/C11H11FO3/c1-2-3-10(13)8-6-7(11(14)15)4-5-9(8)12/h4-6H,2-3H2,1H3,(H,14,15). The first-order chi connectivity index (χ1) is 7.06.